The summed E-state index contributed by atoms with van der Waals surface area (Å²) in [6, 6.07) is 6.16. The topological polar surface area (TPSA) is 56.0 Å². The smallest absolute Gasteiger partial charge is 0.266 e. The first-order valence-corrected chi connectivity index (χ1v) is 9.46. The molecule has 3 heterocycles. The molecule has 6 heteroatoms. The molecule has 134 valence electrons. The van der Waals surface area contributed by atoms with Gasteiger partial charge in [-0.05, 0) is 38.8 Å². The van der Waals surface area contributed by atoms with Crippen molar-refractivity contribution in [2.24, 2.45) is 5.92 Å². The zero-order valence-corrected chi connectivity index (χ0v) is 15.2. The molecule has 2 aromatic heterocycles. The highest BCUT2D eigenvalue weighted by Gasteiger charge is 2.33. The quantitative estimate of drug-likeness (QED) is 0.856. The summed E-state index contributed by atoms with van der Waals surface area (Å²) in [6.07, 6.45) is 6.83. The number of hydrogen-bond donors (Lipinski definition) is 0. The molecule has 0 amide bonds. The molecule has 6 nitrogen and oxygen atoms in total. The number of rotatable bonds is 4. The number of hydrogen-bond acceptors (Lipinski definition) is 4. The fraction of sp³-hybridized carbons (Fsp3) is 0.632. The zero-order valence-electron chi connectivity index (χ0n) is 15.2. The summed E-state index contributed by atoms with van der Waals surface area (Å²) >= 11 is 0. The molecule has 0 aromatic carbocycles. The first kappa shape index (κ1) is 16.5. The van der Waals surface area contributed by atoms with E-state index in [-0.39, 0.29) is 5.56 Å². The SMILES string of the molecule is Cc1cc(C)n(-c2ccc(=O)n(CC3CN(C4CCCCC4)C3)n2)n1. The maximum atomic E-state index is 12.2. The molecule has 2 aliphatic rings. The predicted octanol–water partition coefficient (Wildman–Crippen LogP) is 2.31. The van der Waals surface area contributed by atoms with Crippen molar-refractivity contribution in [1.82, 2.24) is 24.5 Å². The van der Waals surface area contributed by atoms with Gasteiger partial charge < -0.3 is 0 Å². The molecular formula is C19H27N5O. The van der Waals surface area contributed by atoms with E-state index in [1.54, 1.807) is 21.5 Å². The Labute approximate surface area is 148 Å². The fourth-order valence-corrected chi connectivity index (χ4v) is 4.26. The van der Waals surface area contributed by atoms with E-state index in [9.17, 15) is 4.79 Å². The summed E-state index contributed by atoms with van der Waals surface area (Å²) in [5.41, 5.74) is 1.96. The number of aromatic nitrogens is 4. The summed E-state index contributed by atoms with van der Waals surface area (Å²) in [7, 11) is 0. The number of likely N-dealkylation sites (tertiary alicyclic amines) is 1. The highest BCUT2D eigenvalue weighted by Crippen LogP contribution is 2.28. The van der Waals surface area contributed by atoms with Crippen LogP contribution in [0.25, 0.3) is 5.82 Å². The summed E-state index contributed by atoms with van der Waals surface area (Å²) in [5.74, 6) is 1.25. The van der Waals surface area contributed by atoms with Gasteiger partial charge in [-0.3, -0.25) is 9.69 Å². The van der Waals surface area contributed by atoms with E-state index >= 15 is 0 Å². The van der Waals surface area contributed by atoms with Crippen LogP contribution in [0.1, 0.15) is 43.5 Å². The Bertz CT molecular complexity index is 796. The van der Waals surface area contributed by atoms with E-state index in [0.29, 0.717) is 18.3 Å². The minimum absolute atomic E-state index is 0.0265. The fourth-order valence-electron chi connectivity index (χ4n) is 4.26. The largest absolute Gasteiger partial charge is 0.300 e. The van der Waals surface area contributed by atoms with Crippen molar-refractivity contribution in [3.63, 3.8) is 0 Å². The van der Waals surface area contributed by atoms with Gasteiger partial charge in [0.25, 0.3) is 5.56 Å². The Morgan fingerprint density at radius 1 is 1.08 bits per heavy atom. The van der Waals surface area contributed by atoms with E-state index < -0.39 is 0 Å². The van der Waals surface area contributed by atoms with Crippen molar-refractivity contribution < 1.29 is 0 Å². The van der Waals surface area contributed by atoms with Gasteiger partial charge in [-0.2, -0.15) is 5.10 Å². The Hall–Kier alpha value is -1.95. The van der Waals surface area contributed by atoms with E-state index in [0.717, 1.165) is 30.5 Å². The molecule has 0 spiro atoms. The van der Waals surface area contributed by atoms with Crippen LogP contribution in [0.4, 0.5) is 0 Å². The van der Waals surface area contributed by atoms with E-state index in [1.807, 2.05) is 19.9 Å². The Balaban J connectivity index is 1.44. The maximum absolute atomic E-state index is 12.2. The minimum Gasteiger partial charge on any atom is -0.300 e. The Kier molecular flexibility index (Phi) is 4.46. The van der Waals surface area contributed by atoms with E-state index in [2.05, 4.69) is 15.1 Å². The average Bonchev–Trinajstić information content (AvgIpc) is 2.91. The van der Waals surface area contributed by atoms with Crippen molar-refractivity contribution in [2.75, 3.05) is 13.1 Å². The minimum atomic E-state index is -0.0265. The highest BCUT2D eigenvalue weighted by molar-refractivity contribution is 5.23. The van der Waals surface area contributed by atoms with Crippen LogP contribution in [-0.4, -0.2) is 43.6 Å². The lowest BCUT2D eigenvalue weighted by Gasteiger charge is -2.45. The lowest BCUT2D eigenvalue weighted by Crippen LogP contribution is -2.54. The monoisotopic (exact) mass is 341 g/mol. The van der Waals surface area contributed by atoms with Gasteiger partial charge >= 0.3 is 0 Å². The standard InChI is InChI=1S/C19H27N5O/c1-14-10-15(2)24(20-14)18-8-9-19(25)23(21-18)13-16-11-22(12-16)17-6-4-3-5-7-17/h8-10,16-17H,3-7,11-13H2,1-2H3. The molecule has 0 radical (unpaired) electrons. The van der Waals surface area contributed by atoms with Crippen molar-refractivity contribution in [2.45, 2.75) is 58.5 Å². The Morgan fingerprint density at radius 2 is 1.84 bits per heavy atom. The molecule has 1 aliphatic carbocycles. The maximum Gasteiger partial charge on any atom is 0.266 e. The molecule has 1 aliphatic heterocycles. The summed E-state index contributed by atoms with van der Waals surface area (Å²) in [6.45, 7) is 6.87. The van der Waals surface area contributed by atoms with Gasteiger partial charge in [0.1, 0.15) is 0 Å². The highest BCUT2D eigenvalue weighted by atomic mass is 16.1. The molecule has 0 N–H and O–H groups in total. The first-order chi connectivity index (χ1) is 12.1. The molecule has 2 fully saturated rings. The van der Waals surface area contributed by atoms with Crippen molar-refractivity contribution in [3.8, 4) is 5.82 Å². The van der Waals surface area contributed by atoms with Gasteiger partial charge in [0.05, 0.1) is 12.2 Å². The van der Waals surface area contributed by atoms with Crippen LogP contribution >= 0.6 is 0 Å². The van der Waals surface area contributed by atoms with Gasteiger partial charge in [-0.15, -0.1) is 5.10 Å². The van der Waals surface area contributed by atoms with E-state index in [4.69, 9.17) is 0 Å². The average molecular weight is 341 g/mol. The molecule has 1 saturated heterocycles. The zero-order chi connectivity index (χ0) is 17.4. The van der Waals surface area contributed by atoms with Crippen LogP contribution in [0.15, 0.2) is 23.0 Å². The predicted molar refractivity (Wildman–Crippen MR) is 97.0 cm³/mol. The molecule has 4 rings (SSSR count). The lowest BCUT2D eigenvalue weighted by atomic mass is 9.89. The third-order valence-electron chi connectivity index (χ3n) is 5.59. The van der Waals surface area contributed by atoms with E-state index in [1.165, 1.54) is 32.1 Å². The third kappa shape index (κ3) is 3.40. The van der Waals surface area contributed by atoms with Gasteiger partial charge in [0.2, 0.25) is 0 Å². The summed E-state index contributed by atoms with van der Waals surface area (Å²) in [4.78, 5) is 14.8. The lowest BCUT2D eigenvalue weighted by molar-refractivity contribution is 0.0250. The van der Waals surface area contributed by atoms with Gasteiger partial charge in [0, 0.05) is 36.8 Å². The molecule has 2 aromatic rings. The van der Waals surface area contributed by atoms with Crippen LogP contribution in [0.3, 0.4) is 0 Å². The van der Waals surface area contributed by atoms with Gasteiger partial charge in [-0.25, -0.2) is 9.36 Å². The molecule has 0 unspecified atom stereocenters. The number of nitrogens with zero attached hydrogens (tertiary/aromatic N) is 5. The van der Waals surface area contributed by atoms with Crippen LogP contribution in [0, 0.1) is 19.8 Å². The molecular weight excluding hydrogens is 314 g/mol. The molecule has 0 bridgehead atoms. The van der Waals surface area contributed by atoms with Crippen molar-refractivity contribution in [3.05, 3.63) is 39.9 Å². The third-order valence-corrected chi connectivity index (χ3v) is 5.59. The second kappa shape index (κ2) is 6.75. The van der Waals surface area contributed by atoms with Crippen LogP contribution in [0.2, 0.25) is 0 Å². The molecule has 25 heavy (non-hydrogen) atoms. The van der Waals surface area contributed by atoms with Gasteiger partial charge in [0.15, 0.2) is 5.82 Å². The van der Waals surface area contributed by atoms with Crippen molar-refractivity contribution in [1.29, 1.82) is 0 Å². The summed E-state index contributed by atoms with van der Waals surface area (Å²) < 4.78 is 3.43. The van der Waals surface area contributed by atoms with Crippen LogP contribution < -0.4 is 5.56 Å². The first-order valence-electron chi connectivity index (χ1n) is 9.46. The normalized spacial score (nSPS) is 19.9. The van der Waals surface area contributed by atoms with Crippen LogP contribution in [0.5, 0.6) is 0 Å². The van der Waals surface area contributed by atoms with Gasteiger partial charge in [-0.1, -0.05) is 19.3 Å². The summed E-state index contributed by atoms with van der Waals surface area (Å²) in [5, 5.41) is 9.03. The second-order valence-corrected chi connectivity index (χ2v) is 7.66. The number of aryl methyl sites for hydroxylation is 2. The van der Waals surface area contributed by atoms with Crippen molar-refractivity contribution >= 4 is 0 Å². The second-order valence-electron chi connectivity index (χ2n) is 7.66. The Morgan fingerprint density at radius 3 is 2.52 bits per heavy atom. The molecule has 1 saturated carbocycles. The molecule has 0 atom stereocenters. The van der Waals surface area contributed by atoms with Crippen LogP contribution in [-0.2, 0) is 6.54 Å².